The fourth-order valence-corrected chi connectivity index (χ4v) is 1.29. The zero-order valence-electron chi connectivity index (χ0n) is 7.67. The minimum atomic E-state index is -0.475. The van der Waals surface area contributed by atoms with Gasteiger partial charge in [0.2, 0.25) is 0 Å². The van der Waals surface area contributed by atoms with Gasteiger partial charge in [0.05, 0.1) is 6.04 Å². The third kappa shape index (κ3) is 2.08. The molecule has 0 saturated carbocycles. The number of rotatable bonds is 2. The number of hydrogen-bond donors (Lipinski definition) is 1. The fourth-order valence-electron chi connectivity index (χ4n) is 1.12. The second-order valence-electron chi connectivity index (χ2n) is 3.07. The number of ketones is 1. The lowest BCUT2D eigenvalue weighted by atomic mass is 10.0. The van der Waals surface area contributed by atoms with E-state index in [9.17, 15) is 4.79 Å². The van der Waals surface area contributed by atoms with E-state index in [0.717, 1.165) is 5.56 Å². The lowest BCUT2D eigenvalue weighted by molar-refractivity contribution is 0.0967. The molecule has 1 aromatic carbocycles. The first-order valence-electron chi connectivity index (χ1n) is 4.09. The molecule has 0 aromatic heterocycles. The lowest BCUT2D eigenvalue weighted by Crippen LogP contribution is -2.27. The monoisotopic (exact) mass is 197 g/mol. The van der Waals surface area contributed by atoms with Gasteiger partial charge in [0.1, 0.15) is 0 Å². The summed E-state index contributed by atoms with van der Waals surface area (Å²) in [7, 11) is 0. The molecule has 0 bridgehead atoms. The van der Waals surface area contributed by atoms with Crippen molar-refractivity contribution in [3.63, 3.8) is 0 Å². The Morgan fingerprint density at radius 3 is 2.69 bits per heavy atom. The molecule has 2 N–H and O–H groups in total. The highest BCUT2D eigenvalue weighted by Crippen LogP contribution is 2.19. The smallest absolute Gasteiger partial charge is 0.179 e. The van der Waals surface area contributed by atoms with Crippen LogP contribution < -0.4 is 5.73 Å². The molecule has 0 spiro atoms. The number of hydrogen-bond acceptors (Lipinski definition) is 2. The summed E-state index contributed by atoms with van der Waals surface area (Å²) in [6.45, 7) is 3.49. The standard InChI is InChI=1S/C10H12ClNO/c1-6-8(10(13)7(2)12)4-3-5-9(6)11/h3-5,7H,12H2,1-2H3. The second kappa shape index (κ2) is 3.90. The van der Waals surface area contributed by atoms with Gasteiger partial charge in [-0.1, -0.05) is 23.7 Å². The van der Waals surface area contributed by atoms with E-state index in [-0.39, 0.29) is 5.78 Å². The Labute approximate surface area is 82.7 Å². The summed E-state index contributed by atoms with van der Waals surface area (Å²) in [4.78, 5) is 11.5. The number of benzene rings is 1. The fraction of sp³-hybridized carbons (Fsp3) is 0.300. The molecular weight excluding hydrogens is 186 g/mol. The molecule has 1 rings (SSSR count). The predicted molar refractivity (Wildman–Crippen MR) is 54.2 cm³/mol. The number of Topliss-reactive ketones (excluding diaryl/α,β-unsaturated/α-hetero) is 1. The number of carbonyl (C=O) groups is 1. The maximum Gasteiger partial charge on any atom is 0.179 e. The van der Waals surface area contributed by atoms with Crippen molar-refractivity contribution in [2.24, 2.45) is 5.73 Å². The second-order valence-corrected chi connectivity index (χ2v) is 3.47. The van der Waals surface area contributed by atoms with Crippen molar-refractivity contribution >= 4 is 17.4 Å². The van der Waals surface area contributed by atoms with Crippen LogP contribution in [0.5, 0.6) is 0 Å². The van der Waals surface area contributed by atoms with Gasteiger partial charge in [-0.05, 0) is 25.5 Å². The topological polar surface area (TPSA) is 43.1 Å². The molecule has 2 nitrogen and oxygen atoms in total. The molecule has 1 aromatic rings. The minimum absolute atomic E-state index is 0.0694. The van der Waals surface area contributed by atoms with E-state index in [1.54, 1.807) is 25.1 Å². The molecule has 70 valence electrons. The third-order valence-corrected chi connectivity index (χ3v) is 2.36. The van der Waals surface area contributed by atoms with Crippen molar-refractivity contribution < 1.29 is 4.79 Å². The molecule has 3 heteroatoms. The number of halogens is 1. The van der Waals surface area contributed by atoms with E-state index in [0.29, 0.717) is 10.6 Å². The van der Waals surface area contributed by atoms with Crippen molar-refractivity contribution in [1.82, 2.24) is 0 Å². The van der Waals surface area contributed by atoms with Crippen LogP contribution in [0.2, 0.25) is 5.02 Å². The highest BCUT2D eigenvalue weighted by atomic mass is 35.5. The van der Waals surface area contributed by atoms with Crippen LogP contribution in [0.15, 0.2) is 18.2 Å². The summed E-state index contributed by atoms with van der Waals surface area (Å²) in [6.07, 6.45) is 0. The molecule has 0 aliphatic rings. The maximum absolute atomic E-state index is 11.5. The van der Waals surface area contributed by atoms with Gasteiger partial charge in [-0.3, -0.25) is 4.79 Å². The summed E-state index contributed by atoms with van der Waals surface area (Å²) in [5, 5.41) is 0.603. The summed E-state index contributed by atoms with van der Waals surface area (Å²) in [5.41, 5.74) is 6.91. The van der Waals surface area contributed by atoms with Gasteiger partial charge in [-0.2, -0.15) is 0 Å². The normalized spacial score (nSPS) is 12.6. The largest absolute Gasteiger partial charge is 0.321 e. The average molecular weight is 198 g/mol. The van der Waals surface area contributed by atoms with Crippen molar-refractivity contribution in [2.45, 2.75) is 19.9 Å². The zero-order chi connectivity index (χ0) is 10.0. The molecule has 0 heterocycles. The van der Waals surface area contributed by atoms with Gasteiger partial charge < -0.3 is 5.73 Å². The SMILES string of the molecule is Cc1c(Cl)cccc1C(=O)C(C)N. The van der Waals surface area contributed by atoms with Crippen LogP contribution in [0.25, 0.3) is 0 Å². The van der Waals surface area contributed by atoms with E-state index < -0.39 is 6.04 Å². The molecule has 0 fully saturated rings. The van der Waals surface area contributed by atoms with E-state index >= 15 is 0 Å². The molecule has 1 unspecified atom stereocenters. The number of nitrogens with two attached hydrogens (primary N) is 1. The molecule has 0 saturated heterocycles. The molecule has 0 amide bonds. The average Bonchev–Trinajstić information content (AvgIpc) is 2.08. The van der Waals surface area contributed by atoms with Crippen LogP contribution in [0.1, 0.15) is 22.8 Å². The van der Waals surface area contributed by atoms with Gasteiger partial charge in [0, 0.05) is 10.6 Å². The third-order valence-electron chi connectivity index (χ3n) is 1.95. The Bertz CT molecular complexity index is 334. The van der Waals surface area contributed by atoms with Gasteiger partial charge >= 0.3 is 0 Å². The van der Waals surface area contributed by atoms with E-state index in [4.69, 9.17) is 17.3 Å². The Kier molecular flexibility index (Phi) is 3.07. The Morgan fingerprint density at radius 1 is 1.54 bits per heavy atom. The van der Waals surface area contributed by atoms with Crippen LogP contribution in [-0.2, 0) is 0 Å². The zero-order valence-corrected chi connectivity index (χ0v) is 8.43. The molecule has 0 aliphatic heterocycles. The van der Waals surface area contributed by atoms with Gasteiger partial charge in [-0.25, -0.2) is 0 Å². The van der Waals surface area contributed by atoms with Crippen LogP contribution in [0.4, 0.5) is 0 Å². The van der Waals surface area contributed by atoms with Crippen LogP contribution in [-0.4, -0.2) is 11.8 Å². The molecule has 0 radical (unpaired) electrons. The maximum atomic E-state index is 11.5. The number of carbonyl (C=O) groups excluding carboxylic acids is 1. The molecule has 0 aliphatic carbocycles. The van der Waals surface area contributed by atoms with Crippen molar-refractivity contribution in [3.8, 4) is 0 Å². The summed E-state index contributed by atoms with van der Waals surface area (Å²) in [6, 6.07) is 4.78. The predicted octanol–water partition coefficient (Wildman–Crippen LogP) is 2.18. The van der Waals surface area contributed by atoms with Gasteiger partial charge in [-0.15, -0.1) is 0 Å². The van der Waals surface area contributed by atoms with Gasteiger partial charge in [0.25, 0.3) is 0 Å². The van der Waals surface area contributed by atoms with Gasteiger partial charge in [0.15, 0.2) is 5.78 Å². The van der Waals surface area contributed by atoms with Crippen LogP contribution >= 0.6 is 11.6 Å². The lowest BCUT2D eigenvalue weighted by Gasteiger charge is -2.08. The van der Waals surface area contributed by atoms with Crippen molar-refractivity contribution in [2.75, 3.05) is 0 Å². The Morgan fingerprint density at radius 2 is 2.15 bits per heavy atom. The first-order chi connectivity index (χ1) is 6.04. The Hall–Kier alpha value is -0.860. The van der Waals surface area contributed by atoms with Crippen molar-refractivity contribution in [3.05, 3.63) is 34.3 Å². The summed E-state index contributed by atoms with van der Waals surface area (Å²) < 4.78 is 0. The molecule has 1 atom stereocenters. The molecule has 13 heavy (non-hydrogen) atoms. The quantitative estimate of drug-likeness (QED) is 0.739. The van der Waals surface area contributed by atoms with E-state index in [2.05, 4.69) is 0 Å². The van der Waals surface area contributed by atoms with Crippen molar-refractivity contribution in [1.29, 1.82) is 0 Å². The summed E-state index contributed by atoms with van der Waals surface area (Å²) >= 11 is 5.87. The highest BCUT2D eigenvalue weighted by molar-refractivity contribution is 6.31. The first kappa shape index (κ1) is 10.2. The van der Waals surface area contributed by atoms with Crippen LogP contribution in [0.3, 0.4) is 0 Å². The first-order valence-corrected chi connectivity index (χ1v) is 4.46. The van der Waals surface area contributed by atoms with E-state index in [1.807, 2.05) is 6.92 Å². The summed E-state index contributed by atoms with van der Waals surface area (Å²) in [5.74, 6) is -0.0694. The molecular formula is C10H12ClNO. The highest BCUT2D eigenvalue weighted by Gasteiger charge is 2.13. The Balaban J connectivity index is 3.15. The minimum Gasteiger partial charge on any atom is -0.321 e. The van der Waals surface area contributed by atoms with Crippen LogP contribution in [0, 0.1) is 6.92 Å². The van der Waals surface area contributed by atoms with E-state index in [1.165, 1.54) is 0 Å².